The highest BCUT2D eigenvalue weighted by Gasteiger charge is 2.15. The first-order valence-corrected chi connectivity index (χ1v) is 10.9. The van der Waals surface area contributed by atoms with E-state index in [0.29, 0.717) is 18.9 Å². The number of amides is 1. The van der Waals surface area contributed by atoms with Crippen LogP contribution in [0, 0.1) is 6.92 Å². The van der Waals surface area contributed by atoms with Crippen molar-refractivity contribution in [1.29, 1.82) is 0 Å². The molecule has 0 atom stereocenters. The van der Waals surface area contributed by atoms with Gasteiger partial charge in [-0.05, 0) is 59.8 Å². The third-order valence-electron chi connectivity index (χ3n) is 4.77. The first-order valence-electron chi connectivity index (χ1n) is 10.0. The lowest BCUT2D eigenvalue weighted by atomic mass is 10.2. The van der Waals surface area contributed by atoms with E-state index in [4.69, 9.17) is 4.98 Å². The van der Waals surface area contributed by atoms with Gasteiger partial charge in [-0.2, -0.15) is 0 Å². The van der Waals surface area contributed by atoms with Crippen LogP contribution in [0.5, 0.6) is 0 Å². The van der Waals surface area contributed by atoms with Gasteiger partial charge >= 0.3 is 0 Å². The molecule has 0 aromatic carbocycles. The Balaban J connectivity index is 1.61. The number of carbonyl (C=O) groups excluding carboxylic acids is 1. The zero-order valence-electron chi connectivity index (χ0n) is 17.2. The van der Waals surface area contributed by atoms with E-state index in [1.807, 2.05) is 42.5 Å². The monoisotopic (exact) mass is 429 g/mol. The Morgan fingerprint density at radius 3 is 2.77 bits per heavy atom. The summed E-state index contributed by atoms with van der Waals surface area (Å²) in [5.74, 6) is 0.676. The molecule has 0 fully saturated rings. The minimum atomic E-state index is 0.422. The summed E-state index contributed by atoms with van der Waals surface area (Å²) in [6, 6.07) is 15.7. The predicted molar refractivity (Wildman–Crippen MR) is 125 cm³/mol. The van der Waals surface area contributed by atoms with Crippen LogP contribution >= 0.6 is 11.3 Å². The van der Waals surface area contributed by atoms with Gasteiger partial charge in [0.05, 0.1) is 22.8 Å². The van der Waals surface area contributed by atoms with Gasteiger partial charge in [0.25, 0.3) is 0 Å². The highest BCUT2D eigenvalue weighted by Crippen LogP contribution is 2.31. The predicted octanol–water partition coefficient (Wildman–Crippen LogP) is 4.73. The normalized spacial score (nSPS) is 10.6. The van der Waals surface area contributed by atoms with Crippen LogP contribution in [0.15, 0.2) is 72.5 Å². The Kier molecular flexibility index (Phi) is 6.64. The molecule has 31 heavy (non-hydrogen) atoms. The number of nitrogens with zero attached hydrogens (tertiary/aromatic N) is 4. The average Bonchev–Trinajstić information content (AvgIpc) is 3.25. The molecule has 0 spiro atoms. The van der Waals surface area contributed by atoms with Gasteiger partial charge in [-0.1, -0.05) is 12.1 Å². The van der Waals surface area contributed by atoms with E-state index in [9.17, 15) is 4.79 Å². The summed E-state index contributed by atoms with van der Waals surface area (Å²) < 4.78 is 0. The number of rotatable bonds is 9. The molecule has 0 saturated carbocycles. The zero-order chi connectivity index (χ0) is 21.5. The quantitative estimate of drug-likeness (QED) is 0.390. The van der Waals surface area contributed by atoms with Crippen LogP contribution in [0.3, 0.4) is 0 Å². The number of nitrogens with one attached hydrogen (secondary N) is 1. The summed E-state index contributed by atoms with van der Waals surface area (Å²) in [5.41, 5.74) is 4.78. The van der Waals surface area contributed by atoms with Crippen molar-refractivity contribution in [2.24, 2.45) is 0 Å². The lowest BCUT2D eigenvalue weighted by Gasteiger charge is -2.21. The molecule has 4 rings (SSSR count). The van der Waals surface area contributed by atoms with Gasteiger partial charge in [-0.3, -0.25) is 14.8 Å². The Morgan fingerprint density at radius 1 is 1.13 bits per heavy atom. The van der Waals surface area contributed by atoms with Gasteiger partial charge in [0, 0.05) is 37.3 Å². The van der Waals surface area contributed by atoms with Crippen LogP contribution in [0.2, 0.25) is 0 Å². The van der Waals surface area contributed by atoms with Crippen LogP contribution in [0.1, 0.15) is 16.8 Å². The van der Waals surface area contributed by atoms with E-state index >= 15 is 0 Å². The topological polar surface area (TPSA) is 71.0 Å². The largest absolute Gasteiger partial charge is 0.368 e. The third-order valence-corrected chi connectivity index (χ3v) is 5.84. The van der Waals surface area contributed by atoms with Crippen molar-refractivity contribution in [3.05, 3.63) is 89.3 Å². The molecular weight excluding hydrogens is 406 g/mol. The van der Waals surface area contributed by atoms with Gasteiger partial charge < -0.3 is 10.2 Å². The van der Waals surface area contributed by atoms with Crippen LogP contribution in [-0.2, 0) is 17.8 Å². The second kappa shape index (κ2) is 9.95. The Labute approximate surface area is 185 Å². The summed E-state index contributed by atoms with van der Waals surface area (Å²) in [4.78, 5) is 28.1. The summed E-state index contributed by atoms with van der Waals surface area (Å²) in [7, 11) is 0. The van der Waals surface area contributed by atoms with E-state index in [1.54, 1.807) is 34.8 Å². The molecule has 0 bridgehead atoms. The average molecular weight is 430 g/mol. The Morgan fingerprint density at radius 2 is 2.06 bits per heavy atom. The number of pyridine rings is 3. The lowest BCUT2D eigenvalue weighted by Crippen LogP contribution is -2.23. The van der Waals surface area contributed by atoms with E-state index in [2.05, 4.69) is 33.7 Å². The molecule has 156 valence electrons. The third kappa shape index (κ3) is 5.32. The molecule has 1 N–H and O–H groups in total. The van der Waals surface area contributed by atoms with Crippen molar-refractivity contribution >= 4 is 29.3 Å². The van der Waals surface area contributed by atoms with Gasteiger partial charge in [0.15, 0.2) is 5.82 Å². The molecule has 0 aliphatic heterocycles. The Bertz CT molecular complexity index is 1130. The van der Waals surface area contributed by atoms with Crippen molar-refractivity contribution in [2.45, 2.75) is 19.9 Å². The highest BCUT2D eigenvalue weighted by atomic mass is 32.1. The van der Waals surface area contributed by atoms with Crippen molar-refractivity contribution < 1.29 is 4.79 Å². The number of carbonyl (C=O) groups is 1. The molecule has 6 nitrogen and oxygen atoms in total. The van der Waals surface area contributed by atoms with E-state index in [1.165, 1.54) is 5.56 Å². The fraction of sp³-hybridized carbons (Fsp3) is 0.167. The standard InChI is InChI=1S/C24H23N5OS/c1-18-13-23(31-16-18)21-7-8-22(29(17-30)15-19-5-4-10-25-14-19)24(28-21)27-12-9-20-6-2-3-11-26-20/h2-8,10-11,13-14,16-17H,9,12,15H2,1H3,(H,27,28). The molecule has 0 aliphatic rings. The molecule has 0 aliphatic carbocycles. The summed E-state index contributed by atoms with van der Waals surface area (Å²) >= 11 is 1.66. The second-order valence-corrected chi connectivity index (χ2v) is 8.06. The van der Waals surface area contributed by atoms with Crippen molar-refractivity contribution in [2.75, 3.05) is 16.8 Å². The number of aromatic nitrogens is 3. The van der Waals surface area contributed by atoms with E-state index < -0.39 is 0 Å². The molecule has 4 aromatic rings. The molecule has 0 unspecified atom stereocenters. The van der Waals surface area contributed by atoms with Crippen molar-refractivity contribution in [1.82, 2.24) is 15.0 Å². The second-order valence-electron chi connectivity index (χ2n) is 7.14. The zero-order valence-corrected chi connectivity index (χ0v) is 18.0. The molecule has 4 heterocycles. The first-order chi connectivity index (χ1) is 15.2. The highest BCUT2D eigenvalue weighted by molar-refractivity contribution is 7.13. The smallest absolute Gasteiger partial charge is 0.214 e. The molecule has 0 saturated heterocycles. The number of hydrogen-bond acceptors (Lipinski definition) is 6. The summed E-state index contributed by atoms with van der Waals surface area (Å²) in [5, 5.41) is 5.53. The molecule has 1 amide bonds. The Hall–Kier alpha value is -3.58. The minimum absolute atomic E-state index is 0.422. The molecule has 4 aromatic heterocycles. The number of anilines is 2. The maximum Gasteiger partial charge on any atom is 0.214 e. The molecule has 7 heteroatoms. The first kappa shape index (κ1) is 20.7. The fourth-order valence-corrected chi connectivity index (χ4v) is 4.11. The maximum atomic E-state index is 12.0. The van der Waals surface area contributed by atoms with E-state index in [0.717, 1.165) is 40.3 Å². The van der Waals surface area contributed by atoms with Crippen LogP contribution in [0.4, 0.5) is 11.5 Å². The molecule has 0 radical (unpaired) electrons. The van der Waals surface area contributed by atoms with Gasteiger partial charge in [0.2, 0.25) is 6.41 Å². The van der Waals surface area contributed by atoms with Gasteiger partial charge in [-0.25, -0.2) is 4.98 Å². The van der Waals surface area contributed by atoms with Crippen LogP contribution in [-0.4, -0.2) is 27.9 Å². The molecular formula is C24H23N5OS. The van der Waals surface area contributed by atoms with Crippen molar-refractivity contribution in [3.8, 4) is 10.6 Å². The maximum absolute atomic E-state index is 12.0. The number of hydrogen-bond donors (Lipinski definition) is 1. The van der Waals surface area contributed by atoms with E-state index in [-0.39, 0.29) is 0 Å². The SMILES string of the molecule is Cc1csc(-c2ccc(N(C=O)Cc3cccnc3)c(NCCc3ccccn3)n2)c1. The minimum Gasteiger partial charge on any atom is -0.368 e. The summed E-state index contributed by atoms with van der Waals surface area (Å²) in [6.45, 7) is 3.15. The van der Waals surface area contributed by atoms with Crippen LogP contribution < -0.4 is 10.2 Å². The summed E-state index contributed by atoms with van der Waals surface area (Å²) in [6.07, 6.45) is 6.87. The van der Waals surface area contributed by atoms with Crippen molar-refractivity contribution in [3.63, 3.8) is 0 Å². The van der Waals surface area contributed by atoms with Crippen LogP contribution in [0.25, 0.3) is 10.6 Å². The fourth-order valence-electron chi connectivity index (χ4n) is 3.24. The lowest BCUT2D eigenvalue weighted by molar-refractivity contribution is -0.107. The van der Waals surface area contributed by atoms with Gasteiger partial charge in [0.1, 0.15) is 0 Å². The number of aryl methyl sites for hydroxylation is 1. The van der Waals surface area contributed by atoms with Gasteiger partial charge in [-0.15, -0.1) is 11.3 Å². The number of thiophene rings is 1.